The van der Waals surface area contributed by atoms with Crippen LogP contribution in [0.3, 0.4) is 0 Å². The fourth-order valence-electron chi connectivity index (χ4n) is 1.15. The van der Waals surface area contributed by atoms with E-state index >= 15 is 0 Å². The van der Waals surface area contributed by atoms with Gasteiger partial charge in [-0.2, -0.15) is 4.98 Å². The summed E-state index contributed by atoms with van der Waals surface area (Å²) in [5.74, 6) is -0.190. The van der Waals surface area contributed by atoms with E-state index < -0.39 is 0 Å². The third kappa shape index (κ3) is 1.61. The molecule has 0 N–H and O–H groups in total. The molecule has 14 heavy (non-hydrogen) atoms. The molecule has 0 unspecified atom stereocenters. The Morgan fingerprint density at radius 1 is 1.50 bits per heavy atom. The molecule has 72 valence electrons. The first-order chi connectivity index (χ1) is 6.70. The Kier molecular flexibility index (Phi) is 2.44. The summed E-state index contributed by atoms with van der Waals surface area (Å²) in [6, 6.07) is 4.89. The van der Waals surface area contributed by atoms with Gasteiger partial charge in [-0.15, -0.1) is 11.6 Å². The van der Waals surface area contributed by atoms with E-state index in [1.165, 1.54) is 0 Å². The number of ketones is 1. The van der Waals surface area contributed by atoms with Gasteiger partial charge in [0.05, 0.1) is 5.88 Å². The average Bonchev–Trinajstić information content (AvgIpc) is 2.55. The lowest BCUT2D eigenvalue weighted by molar-refractivity contribution is 0.102. The molecule has 0 spiro atoms. The second-order valence-electron chi connectivity index (χ2n) is 2.71. The van der Waals surface area contributed by atoms with Gasteiger partial charge < -0.3 is 4.42 Å². The van der Waals surface area contributed by atoms with Gasteiger partial charge in [0.15, 0.2) is 11.4 Å². The van der Waals surface area contributed by atoms with Crippen LogP contribution in [0.2, 0.25) is 5.35 Å². The molecule has 3 nitrogen and oxygen atoms in total. The van der Waals surface area contributed by atoms with Crippen molar-refractivity contribution in [2.24, 2.45) is 0 Å². The van der Waals surface area contributed by atoms with Crippen molar-refractivity contribution in [1.82, 2.24) is 4.98 Å². The molecule has 1 aromatic carbocycles. The van der Waals surface area contributed by atoms with Crippen LogP contribution in [0.1, 0.15) is 10.4 Å². The molecule has 0 saturated heterocycles. The van der Waals surface area contributed by atoms with E-state index in [1.54, 1.807) is 18.2 Å². The van der Waals surface area contributed by atoms with Crippen molar-refractivity contribution in [3.8, 4) is 0 Å². The summed E-state index contributed by atoms with van der Waals surface area (Å²) in [5.41, 5.74) is 1.63. The van der Waals surface area contributed by atoms with Gasteiger partial charge in [0.2, 0.25) is 0 Å². The van der Waals surface area contributed by atoms with Crippen molar-refractivity contribution < 1.29 is 9.21 Å². The Bertz CT molecular complexity index is 493. The maximum atomic E-state index is 11.2. The first kappa shape index (κ1) is 9.49. The van der Waals surface area contributed by atoms with Crippen LogP contribution in [0.15, 0.2) is 22.6 Å². The van der Waals surface area contributed by atoms with Gasteiger partial charge in [0, 0.05) is 5.56 Å². The molecule has 1 heterocycles. The highest BCUT2D eigenvalue weighted by Crippen LogP contribution is 2.20. The molecule has 2 rings (SSSR count). The molecule has 0 radical (unpaired) electrons. The van der Waals surface area contributed by atoms with E-state index in [9.17, 15) is 4.79 Å². The topological polar surface area (TPSA) is 43.1 Å². The van der Waals surface area contributed by atoms with E-state index in [0.717, 1.165) is 0 Å². The molecule has 5 heteroatoms. The number of carbonyl (C=O) groups excluding carboxylic acids is 1. The van der Waals surface area contributed by atoms with Gasteiger partial charge in [-0.1, -0.05) is 0 Å². The van der Waals surface area contributed by atoms with Crippen LogP contribution in [-0.2, 0) is 0 Å². The van der Waals surface area contributed by atoms with Gasteiger partial charge in [-0.3, -0.25) is 4.79 Å². The summed E-state index contributed by atoms with van der Waals surface area (Å²) >= 11 is 11.0. The maximum Gasteiger partial charge on any atom is 0.293 e. The third-order valence-electron chi connectivity index (χ3n) is 1.80. The SMILES string of the molecule is O=C(CCl)c1ccc2oc(Cl)nc2c1. The summed E-state index contributed by atoms with van der Waals surface area (Å²) in [6.45, 7) is 0. The molecular weight excluding hydrogens is 225 g/mol. The fourth-order valence-corrected chi connectivity index (χ4v) is 1.48. The van der Waals surface area contributed by atoms with E-state index in [0.29, 0.717) is 16.7 Å². The molecule has 0 fully saturated rings. The molecule has 0 aliphatic heterocycles. The lowest BCUT2D eigenvalue weighted by atomic mass is 10.1. The van der Waals surface area contributed by atoms with E-state index in [1.807, 2.05) is 0 Å². The standard InChI is InChI=1S/C9H5Cl2NO2/c10-4-7(13)5-1-2-8-6(3-5)12-9(11)14-8/h1-3H,4H2. The number of rotatable bonds is 2. The number of aromatic nitrogens is 1. The van der Waals surface area contributed by atoms with Crippen LogP contribution < -0.4 is 0 Å². The molecule has 1 aromatic heterocycles. The lowest BCUT2D eigenvalue weighted by Gasteiger charge is -1.94. The molecule has 0 amide bonds. The van der Waals surface area contributed by atoms with Crippen LogP contribution in [0.5, 0.6) is 0 Å². The molecule has 0 atom stereocenters. The van der Waals surface area contributed by atoms with Crippen molar-refractivity contribution in [3.63, 3.8) is 0 Å². The maximum absolute atomic E-state index is 11.2. The van der Waals surface area contributed by atoms with Crippen molar-refractivity contribution in [2.75, 3.05) is 5.88 Å². The highest BCUT2D eigenvalue weighted by molar-refractivity contribution is 6.30. The molecule has 0 saturated carbocycles. The fraction of sp³-hybridized carbons (Fsp3) is 0.111. The van der Waals surface area contributed by atoms with Crippen molar-refractivity contribution in [3.05, 3.63) is 29.1 Å². The third-order valence-corrected chi connectivity index (χ3v) is 2.21. The Labute approximate surface area is 89.6 Å². The Hall–Kier alpha value is -1.06. The number of benzene rings is 1. The number of halogens is 2. The van der Waals surface area contributed by atoms with Crippen molar-refractivity contribution in [1.29, 1.82) is 0 Å². The summed E-state index contributed by atoms with van der Waals surface area (Å²) < 4.78 is 5.05. The second kappa shape index (κ2) is 3.59. The molecule has 2 aromatic rings. The predicted octanol–water partition coefficient (Wildman–Crippen LogP) is 2.90. The minimum absolute atomic E-state index is 0.0446. The van der Waals surface area contributed by atoms with Crippen LogP contribution >= 0.6 is 23.2 Å². The van der Waals surface area contributed by atoms with E-state index in [4.69, 9.17) is 27.6 Å². The van der Waals surface area contributed by atoms with E-state index in [2.05, 4.69) is 4.98 Å². The van der Waals surface area contributed by atoms with Crippen molar-refractivity contribution >= 4 is 40.1 Å². The largest absolute Gasteiger partial charge is 0.428 e. The predicted molar refractivity (Wildman–Crippen MR) is 54.1 cm³/mol. The first-order valence-electron chi connectivity index (χ1n) is 3.86. The molecule has 0 aliphatic carbocycles. The number of hydrogen-bond acceptors (Lipinski definition) is 3. The van der Waals surface area contributed by atoms with E-state index in [-0.39, 0.29) is 17.0 Å². The number of hydrogen-bond donors (Lipinski definition) is 0. The minimum atomic E-state index is -0.146. The molecular formula is C9H5Cl2NO2. The Morgan fingerprint density at radius 3 is 3.00 bits per heavy atom. The number of fused-ring (bicyclic) bond motifs is 1. The summed E-state index contributed by atoms with van der Waals surface area (Å²) in [4.78, 5) is 15.1. The van der Waals surface area contributed by atoms with Crippen LogP contribution in [0, 0.1) is 0 Å². The van der Waals surface area contributed by atoms with Gasteiger partial charge in [0.25, 0.3) is 5.35 Å². The van der Waals surface area contributed by atoms with Gasteiger partial charge in [0.1, 0.15) is 5.52 Å². The highest BCUT2D eigenvalue weighted by atomic mass is 35.5. The van der Waals surface area contributed by atoms with Crippen LogP contribution in [-0.4, -0.2) is 16.6 Å². The number of oxazole rings is 1. The molecule has 0 bridgehead atoms. The quantitative estimate of drug-likeness (QED) is 0.588. The Balaban J connectivity index is 2.55. The van der Waals surface area contributed by atoms with Crippen molar-refractivity contribution in [2.45, 2.75) is 0 Å². The normalized spacial score (nSPS) is 10.7. The van der Waals surface area contributed by atoms with Gasteiger partial charge >= 0.3 is 0 Å². The number of carbonyl (C=O) groups is 1. The average molecular weight is 230 g/mol. The number of alkyl halides is 1. The smallest absolute Gasteiger partial charge is 0.293 e. The number of nitrogens with zero attached hydrogens (tertiary/aromatic N) is 1. The first-order valence-corrected chi connectivity index (χ1v) is 4.77. The zero-order valence-corrected chi connectivity index (χ0v) is 8.47. The van der Waals surface area contributed by atoms with Gasteiger partial charge in [-0.25, -0.2) is 0 Å². The zero-order valence-electron chi connectivity index (χ0n) is 6.96. The monoisotopic (exact) mass is 229 g/mol. The Morgan fingerprint density at radius 2 is 2.29 bits per heavy atom. The van der Waals surface area contributed by atoms with Crippen LogP contribution in [0.4, 0.5) is 0 Å². The zero-order chi connectivity index (χ0) is 10.1. The summed E-state index contributed by atoms with van der Waals surface area (Å²) in [5, 5.41) is 0.0653. The number of Topliss-reactive ketones (excluding diaryl/α,β-unsaturated/α-hetero) is 1. The van der Waals surface area contributed by atoms with Crippen LogP contribution in [0.25, 0.3) is 11.1 Å². The highest BCUT2D eigenvalue weighted by Gasteiger charge is 2.08. The lowest BCUT2D eigenvalue weighted by Crippen LogP contribution is -1.99. The summed E-state index contributed by atoms with van der Waals surface area (Å²) in [6.07, 6.45) is 0. The minimum Gasteiger partial charge on any atom is -0.428 e. The second-order valence-corrected chi connectivity index (χ2v) is 3.30. The molecule has 0 aliphatic rings. The summed E-state index contributed by atoms with van der Waals surface area (Å²) in [7, 11) is 0. The van der Waals surface area contributed by atoms with Gasteiger partial charge in [-0.05, 0) is 29.8 Å².